The Labute approximate surface area is 132 Å². The van der Waals surface area contributed by atoms with Crippen LogP contribution in [0.15, 0.2) is 0 Å². The first-order valence-corrected chi connectivity index (χ1v) is 8.19. The van der Waals surface area contributed by atoms with Crippen LogP contribution in [-0.4, -0.2) is 42.4 Å². The fourth-order valence-corrected chi connectivity index (χ4v) is 3.41. The van der Waals surface area contributed by atoms with Crippen LogP contribution in [0, 0.1) is 5.92 Å². The third-order valence-corrected chi connectivity index (χ3v) is 4.09. The summed E-state index contributed by atoms with van der Waals surface area (Å²) in [5, 5.41) is 6.49. The predicted molar refractivity (Wildman–Crippen MR) is 82.5 cm³/mol. The van der Waals surface area contributed by atoms with E-state index in [1.807, 2.05) is 27.7 Å². The van der Waals surface area contributed by atoms with Crippen molar-refractivity contribution in [1.82, 2.24) is 10.6 Å². The number of hydrogen-bond donors (Lipinski definition) is 2. The van der Waals surface area contributed by atoms with Crippen molar-refractivity contribution in [3.8, 4) is 0 Å². The van der Waals surface area contributed by atoms with E-state index >= 15 is 0 Å². The molecule has 6 heteroatoms. The molecule has 0 unspecified atom stereocenters. The number of piperidine rings is 2. The van der Waals surface area contributed by atoms with Crippen molar-refractivity contribution in [2.45, 2.75) is 77.1 Å². The number of carbonyl (C=O) groups excluding carboxylic acids is 2. The van der Waals surface area contributed by atoms with Crippen LogP contribution in [0.3, 0.4) is 0 Å². The molecule has 0 aromatic rings. The fourth-order valence-electron chi connectivity index (χ4n) is 3.41. The number of alkyl carbamates (subject to hydrolysis) is 1. The molecule has 2 saturated heterocycles. The monoisotopic (exact) mass is 312 g/mol. The Morgan fingerprint density at radius 3 is 2.23 bits per heavy atom. The van der Waals surface area contributed by atoms with Crippen LogP contribution >= 0.6 is 0 Å². The standard InChI is InChI=1S/C16H28N2O4/c1-5-21-14(19)10-6-11-8-13(9-12(7-10)17-11)18-15(20)22-16(2,3)4/h10-13,17H,5-9H2,1-4H3,(H,18,20)/t10?,11-,12-,13?/m0/s1. The number of nitrogens with one attached hydrogen (secondary N) is 2. The Balaban J connectivity index is 1.85. The number of esters is 1. The first kappa shape index (κ1) is 17.1. The van der Waals surface area contributed by atoms with E-state index in [9.17, 15) is 9.59 Å². The Bertz CT molecular complexity index is 405. The van der Waals surface area contributed by atoms with Gasteiger partial charge in [-0.1, -0.05) is 0 Å². The molecule has 2 rings (SSSR count). The largest absolute Gasteiger partial charge is 0.466 e. The van der Waals surface area contributed by atoms with E-state index < -0.39 is 5.60 Å². The molecule has 0 aromatic heterocycles. The minimum absolute atomic E-state index is 0.0151. The molecule has 0 saturated carbocycles. The lowest BCUT2D eigenvalue weighted by Gasteiger charge is -2.43. The van der Waals surface area contributed by atoms with Gasteiger partial charge in [0.1, 0.15) is 5.60 Å². The molecule has 0 spiro atoms. The van der Waals surface area contributed by atoms with Gasteiger partial charge in [-0.3, -0.25) is 4.79 Å². The molecule has 2 N–H and O–H groups in total. The van der Waals surface area contributed by atoms with Crippen molar-refractivity contribution in [2.75, 3.05) is 6.61 Å². The summed E-state index contributed by atoms with van der Waals surface area (Å²) in [6, 6.07) is 0.609. The summed E-state index contributed by atoms with van der Waals surface area (Å²) in [5.74, 6) is -0.101. The Morgan fingerprint density at radius 1 is 1.14 bits per heavy atom. The number of carbonyl (C=O) groups is 2. The maximum absolute atomic E-state index is 11.9. The van der Waals surface area contributed by atoms with Crippen LogP contribution in [0.5, 0.6) is 0 Å². The minimum Gasteiger partial charge on any atom is -0.466 e. The smallest absolute Gasteiger partial charge is 0.407 e. The van der Waals surface area contributed by atoms with E-state index in [4.69, 9.17) is 9.47 Å². The van der Waals surface area contributed by atoms with E-state index in [0.29, 0.717) is 6.61 Å². The Hall–Kier alpha value is -1.30. The molecule has 2 aliphatic rings. The number of hydrogen-bond acceptors (Lipinski definition) is 5. The Kier molecular flexibility index (Phi) is 5.32. The van der Waals surface area contributed by atoms with Gasteiger partial charge in [0.25, 0.3) is 0 Å². The van der Waals surface area contributed by atoms with Gasteiger partial charge in [0.05, 0.1) is 12.5 Å². The van der Waals surface area contributed by atoms with Gasteiger partial charge in [-0.15, -0.1) is 0 Å². The molecule has 2 aliphatic heterocycles. The number of fused-ring (bicyclic) bond motifs is 2. The molecule has 0 radical (unpaired) electrons. The summed E-state index contributed by atoms with van der Waals surface area (Å²) in [5.41, 5.74) is -0.484. The van der Waals surface area contributed by atoms with Gasteiger partial charge >= 0.3 is 12.1 Å². The highest BCUT2D eigenvalue weighted by Crippen LogP contribution is 2.30. The van der Waals surface area contributed by atoms with Crippen molar-refractivity contribution in [3.05, 3.63) is 0 Å². The van der Waals surface area contributed by atoms with Crippen molar-refractivity contribution >= 4 is 12.1 Å². The van der Waals surface area contributed by atoms with Crippen LogP contribution < -0.4 is 10.6 Å². The zero-order valence-corrected chi connectivity index (χ0v) is 14.0. The molecule has 2 heterocycles. The number of ether oxygens (including phenoxy) is 2. The first-order valence-electron chi connectivity index (χ1n) is 8.19. The first-order chi connectivity index (χ1) is 10.3. The highest BCUT2D eigenvalue weighted by molar-refractivity contribution is 5.72. The number of amides is 1. The third-order valence-electron chi connectivity index (χ3n) is 4.09. The van der Waals surface area contributed by atoms with E-state index in [1.54, 1.807) is 0 Å². The second-order valence-corrected chi connectivity index (χ2v) is 7.30. The van der Waals surface area contributed by atoms with Crippen LogP contribution in [0.4, 0.5) is 4.79 Å². The average Bonchev–Trinajstić information content (AvgIpc) is 2.35. The van der Waals surface area contributed by atoms with Crippen LogP contribution in [0.25, 0.3) is 0 Å². The molecular weight excluding hydrogens is 284 g/mol. The molecule has 0 aliphatic carbocycles. The van der Waals surface area contributed by atoms with Crippen molar-refractivity contribution in [1.29, 1.82) is 0 Å². The second-order valence-electron chi connectivity index (χ2n) is 7.30. The SMILES string of the molecule is CCOC(=O)C1C[C@H]2CC(NC(=O)OC(C)(C)C)C[C@H](C1)N2. The predicted octanol–water partition coefficient (Wildman–Crippen LogP) is 1.97. The van der Waals surface area contributed by atoms with Gasteiger partial charge in [-0.2, -0.15) is 0 Å². The summed E-state index contributed by atoms with van der Waals surface area (Å²) in [6.45, 7) is 7.83. The lowest BCUT2D eigenvalue weighted by Crippen LogP contribution is -2.57. The zero-order valence-electron chi connectivity index (χ0n) is 14.0. The maximum Gasteiger partial charge on any atom is 0.407 e. The summed E-state index contributed by atoms with van der Waals surface area (Å²) < 4.78 is 10.4. The summed E-state index contributed by atoms with van der Waals surface area (Å²) >= 11 is 0. The lowest BCUT2D eigenvalue weighted by atomic mass is 9.78. The molecule has 0 aromatic carbocycles. The van der Waals surface area contributed by atoms with Crippen LogP contribution in [0.1, 0.15) is 53.4 Å². The van der Waals surface area contributed by atoms with Gasteiger partial charge in [0.15, 0.2) is 0 Å². The van der Waals surface area contributed by atoms with E-state index in [-0.39, 0.29) is 36.1 Å². The van der Waals surface area contributed by atoms with Crippen molar-refractivity contribution in [3.63, 3.8) is 0 Å². The fraction of sp³-hybridized carbons (Fsp3) is 0.875. The molecular formula is C16H28N2O4. The minimum atomic E-state index is -0.484. The van der Waals surface area contributed by atoms with Crippen LogP contribution in [0.2, 0.25) is 0 Å². The highest BCUT2D eigenvalue weighted by atomic mass is 16.6. The molecule has 22 heavy (non-hydrogen) atoms. The van der Waals surface area contributed by atoms with E-state index in [2.05, 4.69) is 10.6 Å². The molecule has 1 amide bonds. The average molecular weight is 312 g/mol. The quantitative estimate of drug-likeness (QED) is 0.779. The third kappa shape index (κ3) is 4.87. The molecule has 126 valence electrons. The maximum atomic E-state index is 11.9. The van der Waals surface area contributed by atoms with Gasteiger partial charge in [-0.05, 0) is 53.4 Å². The van der Waals surface area contributed by atoms with E-state index in [0.717, 1.165) is 25.7 Å². The highest BCUT2D eigenvalue weighted by Gasteiger charge is 2.39. The molecule has 2 atom stereocenters. The number of rotatable bonds is 3. The summed E-state index contributed by atoms with van der Waals surface area (Å²) in [6.07, 6.45) is 2.85. The Morgan fingerprint density at radius 2 is 1.73 bits per heavy atom. The van der Waals surface area contributed by atoms with Gasteiger partial charge in [0.2, 0.25) is 0 Å². The summed E-state index contributed by atoms with van der Waals surface area (Å²) in [4.78, 5) is 23.8. The van der Waals surface area contributed by atoms with Crippen molar-refractivity contribution in [2.24, 2.45) is 5.92 Å². The second kappa shape index (κ2) is 6.86. The van der Waals surface area contributed by atoms with Crippen molar-refractivity contribution < 1.29 is 19.1 Å². The van der Waals surface area contributed by atoms with Gasteiger partial charge in [0, 0.05) is 18.1 Å². The zero-order chi connectivity index (χ0) is 16.3. The van der Waals surface area contributed by atoms with Gasteiger partial charge < -0.3 is 20.1 Å². The summed E-state index contributed by atoms with van der Waals surface area (Å²) in [7, 11) is 0. The molecule has 2 fully saturated rings. The molecule has 6 nitrogen and oxygen atoms in total. The molecule has 2 bridgehead atoms. The lowest BCUT2D eigenvalue weighted by molar-refractivity contribution is -0.150. The van der Waals surface area contributed by atoms with Gasteiger partial charge in [-0.25, -0.2) is 4.79 Å². The topological polar surface area (TPSA) is 76.7 Å². The van der Waals surface area contributed by atoms with Crippen LogP contribution in [-0.2, 0) is 14.3 Å². The van der Waals surface area contributed by atoms with E-state index in [1.165, 1.54) is 0 Å². The normalized spacial score (nSPS) is 31.3.